The molecule has 1 heterocycles. The Morgan fingerprint density at radius 2 is 1.49 bits per heavy atom. The van der Waals surface area contributed by atoms with Crippen LogP contribution in [0.15, 0.2) is 83.4 Å². The Labute approximate surface area is 225 Å². The zero-order valence-corrected chi connectivity index (χ0v) is 21.6. The molecular formula is C27H23N2NaO5. The van der Waals surface area contributed by atoms with E-state index in [1.54, 1.807) is 19.1 Å². The van der Waals surface area contributed by atoms with Gasteiger partial charge in [-0.15, -0.1) is 0 Å². The minimum Gasteiger partial charge on any atom is -0.550 e. The second kappa shape index (κ2) is 12.4. The Kier molecular flexibility index (Phi) is 9.25. The summed E-state index contributed by atoms with van der Waals surface area (Å²) in [4.78, 5) is 23.1. The molecule has 1 amide bonds. The normalized spacial score (nSPS) is 10.3. The Balaban J connectivity index is 0.00000342. The fraction of sp³-hybridized carbons (Fsp3) is 0.148. The maximum Gasteiger partial charge on any atom is 1.00 e. The first-order valence-electron chi connectivity index (χ1n) is 10.8. The van der Waals surface area contributed by atoms with Crippen molar-refractivity contribution >= 4 is 17.7 Å². The number of anilines is 1. The van der Waals surface area contributed by atoms with Crippen LogP contribution in [0.3, 0.4) is 0 Å². The molecule has 0 saturated carbocycles. The van der Waals surface area contributed by atoms with E-state index in [4.69, 9.17) is 9.26 Å². The average Bonchev–Trinajstić information content (AvgIpc) is 3.20. The van der Waals surface area contributed by atoms with Crippen molar-refractivity contribution in [1.82, 2.24) is 5.16 Å². The maximum absolute atomic E-state index is 12.3. The number of carbonyl (C=O) groups is 2. The van der Waals surface area contributed by atoms with Gasteiger partial charge in [-0.05, 0) is 29.2 Å². The Morgan fingerprint density at radius 3 is 2.11 bits per heavy atom. The van der Waals surface area contributed by atoms with E-state index in [-0.39, 0.29) is 42.6 Å². The van der Waals surface area contributed by atoms with E-state index in [1.165, 1.54) is 0 Å². The van der Waals surface area contributed by atoms with Crippen LogP contribution in [-0.4, -0.2) is 23.8 Å². The molecule has 172 valence electrons. The minimum atomic E-state index is -1.11. The molecule has 1 N–H and O–H groups in total. The van der Waals surface area contributed by atoms with E-state index in [9.17, 15) is 14.7 Å². The van der Waals surface area contributed by atoms with Gasteiger partial charge < -0.3 is 19.2 Å². The number of aromatic nitrogens is 1. The predicted molar refractivity (Wildman–Crippen MR) is 126 cm³/mol. The first-order chi connectivity index (χ1) is 16.5. The van der Waals surface area contributed by atoms with Crippen LogP contribution in [0.5, 0.6) is 0 Å². The Morgan fingerprint density at radius 1 is 0.886 bits per heavy atom. The number of carboxylic acid groups (broad SMARTS) is 1. The standard InChI is InChI=1S/C27H24N2O5.Na/c1-18-25(28-27(32)33-16-15-19-5-3-2-4-6-19)26(34-29-18)23-13-11-22(12-14-23)21-9-7-20(8-10-21)17-24(30)31;/h2-14H,15-17H2,1H3,(H,28,32)(H,30,31);/q;+1/p-1. The van der Waals surface area contributed by atoms with Crippen molar-refractivity contribution in [2.24, 2.45) is 0 Å². The topological polar surface area (TPSA) is 104 Å². The van der Waals surface area contributed by atoms with Crippen LogP contribution in [0.4, 0.5) is 10.5 Å². The van der Waals surface area contributed by atoms with Crippen molar-refractivity contribution in [2.75, 3.05) is 11.9 Å². The van der Waals surface area contributed by atoms with Gasteiger partial charge in [-0.25, -0.2) is 4.79 Å². The second-order valence-corrected chi connectivity index (χ2v) is 7.79. The van der Waals surface area contributed by atoms with Crippen molar-refractivity contribution in [3.63, 3.8) is 0 Å². The van der Waals surface area contributed by atoms with Gasteiger partial charge in [0.05, 0.1) is 6.61 Å². The van der Waals surface area contributed by atoms with Gasteiger partial charge >= 0.3 is 35.7 Å². The van der Waals surface area contributed by atoms with E-state index >= 15 is 0 Å². The summed E-state index contributed by atoms with van der Waals surface area (Å²) in [6.45, 7) is 2.00. The van der Waals surface area contributed by atoms with Gasteiger partial charge in [0.15, 0.2) is 5.76 Å². The fourth-order valence-corrected chi connectivity index (χ4v) is 3.55. The van der Waals surface area contributed by atoms with Crippen LogP contribution in [0.1, 0.15) is 16.8 Å². The molecule has 0 aliphatic carbocycles. The number of hydrogen-bond acceptors (Lipinski definition) is 6. The van der Waals surface area contributed by atoms with Gasteiger partial charge in [-0.2, -0.15) is 0 Å². The summed E-state index contributed by atoms with van der Waals surface area (Å²) in [5.41, 5.74) is 5.43. The van der Waals surface area contributed by atoms with Gasteiger partial charge in [-0.1, -0.05) is 84.0 Å². The molecule has 0 aliphatic heterocycles. The third-order valence-electron chi connectivity index (χ3n) is 5.34. The third-order valence-corrected chi connectivity index (χ3v) is 5.34. The molecule has 0 atom stereocenters. The van der Waals surface area contributed by atoms with E-state index in [1.807, 2.05) is 66.7 Å². The summed E-state index contributed by atoms with van der Waals surface area (Å²) >= 11 is 0. The summed E-state index contributed by atoms with van der Waals surface area (Å²) in [6.07, 6.45) is -0.0646. The van der Waals surface area contributed by atoms with Gasteiger partial charge in [-0.3, -0.25) is 5.32 Å². The molecule has 3 aromatic carbocycles. The number of aliphatic carboxylic acids is 1. The number of carboxylic acids is 1. The molecule has 1 aromatic heterocycles. The number of nitrogens with one attached hydrogen (secondary N) is 1. The van der Waals surface area contributed by atoms with Gasteiger partial charge in [0.25, 0.3) is 0 Å². The van der Waals surface area contributed by atoms with E-state index in [0.29, 0.717) is 29.1 Å². The molecule has 8 heteroatoms. The second-order valence-electron chi connectivity index (χ2n) is 7.79. The van der Waals surface area contributed by atoms with Crippen molar-refractivity contribution < 1.29 is 53.5 Å². The summed E-state index contributed by atoms with van der Waals surface area (Å²) in [6, 6.07) is 24.6. The van der Waals surface area contributed by atoms with Crippen LogP contribution in [0.2, 0.25) is 0 Å². The van der Waals surface area contributed by atoms with Crippen LogP contribution in [0.25, 0.3) is 22.5 Å². The van der Waals surface area contributed by atoms with E-state index in [0.717, 1.165) is 22.3 Å². The predicted octanol–water partition coefficient (Wildman–Crippen LogP) is 1.40. The quantitative estimate of drug-likeness (QED) is 0.384. The molecule has 0 unspecified atom stereocenters. The smallest absolute Gasteiger partial charge is 0.550 e. The largest absolute Gasteiger partial charge is 1.00 e. The minimum absolute atomic E-state index is 0. The maximum atomic E-state index is 12.3. The molecule has 0 bridgehead atoms. The summed E-state index contributed by atoms with van der Waals surface area (Å²) in [5, 5.41) is 17.5. The van der Waals surface area contributed by atoms with Crippen molar-refractivity contribution in [1.29, 1.82) is 0 Å². The average molecular weight is 478 g/mol. The molecule has 4 rings (SSSR count). The van der Waals surface area contributed by atoms with Crippen LogP contribution < -0.4 is 40.0 Å². The van der Waals surface area contributed by atoms with Crippen LogP contribution in [-0.2, 0) is 22.4 Å². The summed E-state index contributed by atoms with van der Waals surface area (Å²) in [5.74, 6) is -0.669. The molecule has 35 heavy (non-hydrogen) atoms. The number of ether oxygens (including phenoxy) is 1. The monoisotopic (exact) mass is 478 g/mol. The molecule has 0 spiro atoms. The number of aryl methyl sites for hydroxylation is 1. The zero-order chi connectivity index (χ0) is 23.9. The van der Waals surface area contributed by atoms with Crippen molar-refractivity contribution in [2.45, 2.75) is 19.8 Å². The molecule has 7 nitrogen and oxygen atoms in total. The van der Waals surface area contributed by atoms with Crippen molar-refractivity contribution in [3.8, 4) is 22.5 Å². The molecule has 0 fully saturated rings. The fourth-order valence-electron chi connectivity index (χ4n) is 3.55. The van der Waals surface area contributed by atoms with Gasteiger partial charge in [0.2, 0.25) is 0 Å². The number of hydrogen-bond donors (Lipinski definition) is 1. The Hall–Kier alpha value is -3.39. The number of benzene rings is 3. The number of nitrogens with zero attached hydrogens (tertiary/aromatic N) is 1. The van der Waals surface area contributed by atoms with E-state index in [2.05, 4.69) is 10.5 Å². The Bertz CT molecular complexity index is 1270. The first kappa shape index (κ1) is 26.2. The molecule has 0 saturated heterocycles. The van der Waals surface area contributed by atoms with E-state index < -0.39 is 12.1 Å². The summed E-state index contributed by atoms with van der Waals surface area (Å²) in [7, 11) is 0. The van der Waals surface area contributed by atoms with Crippen LogP contribution in [0, 0.1) is 6.92 Å². The number of carbonyl (C=O) groups excluding carboxylic acids is 2. The zero-order valence-electron chi connectivity index (χ0n) is 19.6. The molecular weight excluding hydrogens is 455 g/mol. The molecule has 0 aliphatic rings. The molecule has 4 aromatic rings. The third kappa shape index (κ3) is 7.05. The van der Waals surface area contributed by atoms with Crippen LogP contribution >= 0.6 is 0 Å². The summed E-state index contributed by atoms with van der Waals surface area (Å²) < 4.78 is 10.8. The first-order valence-corrected chi connectivity index (χ1v) is 10.8. The molecule has 0 radical (unpaired) electrons. The van der Waals surface area contributed by atoms with Gasteiger partial charge in [0.1, 0.15) is 11.4 Å². The number of rotatable bonds is 8. The van der Waals surface area contributed by atoms with Crippen molar-refractivity contribution in [3.05, 3.63) is 95.7 Å². The number of amides is 1. The SMILES string of the molecule is Cc1noc(-c2ccc(-c3ccc(CC(=O)[O-])cc3)cc2)c1NC(=O)OCCc1ccccc1.[Na+]. The van der Waals surface area contributed by atoms with Gasteiger partial charge in [0, 0.05) is 24.4 Å².